The van der Waals surface area contributed by atoms with Gasteiger partial charge >= 0.3 is 0 Å². The molecule has 1 atom stereocenters. The van der Waals surface area contributed by atoms with Crippen LogP contribution in [0.15, 0.2) is 24.3 Å². The summed E-state index contributed by atoms with van der Waals surface area (Å²) in [6.45, 7) is 7.59. The molecule has 0 radical (unpaired) electrons. The third kappa shape index (κ3) is 3.60. The van der Waals surface area contributed by atoms with Gasteiger partial charge in [0, 0.05) is 0 Å². The zero-order valence-corrected chi connectivity index (χ0v) is 12.8. The van der Waals surface area contributed by atoms with Crippen LogP contribution in [0.2, 0.25) is 0 Å². The minimum atomic E-state index is 0.238. The second kappa shape index (κ2) is 6.09. The van der Waals surface area contributed by atoms with Crippen molar-refractivity contribution in [3.05, 3.63) is 35.4 Å². The zero-order valence-electron chi connectivity index (χ0n) is 12.8. The van der Waals surface area contributed by atoms with E-state index in [9.17, 15) is 0 Å². The minimum Gasteiger partial charge on any atom is -0.330 e. The molecule has 0 aromatic heterocycles. The van der Waals surface area contributed by atoms with E-state index in [0.717, 1.165) is 12.5 Å². The minimum absolute atomic E-state index is 0.238. The number of rotatable bonds is 3. The third-order valence-corrected chi connectivity index (χ3v) is 4.68. The lowest BCUT2D eigenvalue weighted by atomic mass is 9.76. The second-order valence-electron chi connectivity index (χ2n) is 7.11. The van der Waals surface area contributed by atoms with E-state index in [4.69, 9.17) is 5.73 Å². The first-order valence-corrected chi connectivity index (χ1v) is 7.83. The quantitative estimate of drug-likeness (QED) is 0.843. The Morgan fingerprint density at radius 1 is 1.05 bits per heavy atom. The Kier molecular flexibility index (Phi) is 4.67. The predicted molar refractivity (Wildman–Crippen MR) is 83.5 cm³/mol. The van der Waals surface area contributed by atoms with Crippen molar-refractivity contribution in [2.75, 3.05) is 6.54 Å². The van der Waals surface area contributed by atoms with Crippen molar-refractivity contribution >= 4 is 0 Å². The highest BCUT2D eigenvalue weighted by atomic mass is 14.6. The van der Waals surface area contributed by atoms with Gasteiger partial charge in [-0.05, 0) is 47.8 Å². The Hall–Kier alpha value is -0.820. The first kappa shape index (κ1) is 14.6. The highest BCUT2D eigenvalue weighted by Gasteiger charge is 2.24. The lowest BCUT2D eigenvalue weighted by molar-refractivity contribution is 0.307. The van der Waals surface area contributed by atoms with E-state index in [-0.39, 0.29) is 5.41 Å². The van der Waals surface area contributed by atoms with E-state index in [2.05, 4.69) is 45.0 Å². The number of hydrogen-bond donors (Lipinski definition) is 1. The zero-order chi connectivity index (χ0) is 13.9. The number of nitrogens with two attached hydrogens (primary N) is 1. The van der Waals surface area contributed by atoms with Crippen LogP contribution in [0.3, 0.4) is 0 Å². The number of hydrogen-bond acceptors (Lipinski definition) is 1. The fourth-order valence-corrected chi connectivity index (χ4v) is 3.37. The van der Waals surface area contributed by atoms with Gasteiger partial charge in [0.1, 0.15) is 0 Å². The lowest BCUT2D eigenvalue weighted by Crippen LogP contribution is -2.23. The maximum atomic E-state index is 6.06. The summed E-state index contributed by atoms with van der Waals surface area (Å²) in [6.07, 6.45) is 6.92. The average molecular weight is 259 g/mol. The van der Waals surface area contributed by atoms with Gasteiger partial charge in [-0.3, -0.25) is 0 Å². The van der Waals surface area contributed by atoms with Gasteiger partial charge in [0.05, 0.1) is 0 Å². The Balaban J connectivity index is 2.14. The summed E-state index contributed by atoms with van der Waals surface area (Å²) in [7, 11) is 0. The molecule has 1 heteroatoms. The summed E-state index contributed by atoms with van der Waals surface area (Å²) in [5, 5.41) is 0. The molecule has 0 saturated heterocycles. The molecule has 106 valence electrons. The normalized spacial score (nSPS) is 19.4. The Morgan fingerprint density at radius 3 is 2.11 bits per heavy atom. The fraction of sp³-hybridized carbons (Fsp3) is 0.667. The molecule has 1 aliphatic rings. The molecule has 1 saturated carbocycles. The molecule has 2 rings (SSSR count). The molecule has 0 aliphatic heterocycles. The van der Waals surface area contributed by atoms with Crippen LogP contribution in [0.25, 0.3) is 0 Å². The molecule has 0 amide bonds. The molecule has 1 unspecified atom stereocenters. The van der Waals surface area contributed by atoms with Crippen LogP contribution in [-0.2, 0) is 5.41 Å². The van der Waals surface area contributed by atoms with Crippen molar-refractivity contribution < 1.29 is 0 Å². The first-order chi connectivity index (χ1) is 9.02. The standard InChI is InChI=1S/C18H29N/c1-18(2,3)16-11-9-15(10-12-16)17(13-19)14-7-5-4-6-8-14/h9-12,14,17H,4-8,13,19H2,1-3H3. The van der Waals surface area contributed by atoms with Gasteiger partial charge < -0.3 is 5.73 Å². The van der Waals surface area contributed by atoms with E-state index >= 15 is 0 Å². The average Bonchev–Trinajstić information content (AvgIpc) is 2.40. The van der Waals surface area contributed by atoms with Gasteiger partial charge in [-0.1, -0.05) is 64.3 Å². The van der Waals surface area contributed by atoms with Gasteiger partial charge in [0.25, 0.3) is 0 Å². The van der Waals surface area contributed by atoms with Crippen LogP contribution in [0, 0.1) is 5.92 Å². The maximum absolute atomic E-state index is 6.06. The topological polar surface area (TPSA) is 26.0 Å². The molecule has 0 bridgehead atoms. The predicted octanol–water partition coefficient (Wildman–Crippen LogP) is 4.61. The monoisotopic (exact) mass is 259 g/mol. The highest BCUT2D eigenvalue weighted by molar-refractivity contribution is 5.30. The van der Waals surface area contributed by atoms with Gasteiger partial charge in [0.2, 0.25) is 0 Å². The summed E-state index contributed by atoms with van der Waals surface area (Å²) in [5.74, 6) is 1.37. The van der Waals surface area contributed by atoms with E-state index in [0.29, 0.717) is 5.92 Å². The van der Waals surface area contributed by atoms with Crippen LogP contribution in [0.4, 0.5) is 0 Å². The SMILES string of the molecule is CC(C)(C)c1ccc(C(CN)C2CCCCC2)cc1. The Morgan fingerprint density at radius 2 is 1.63 bits per heavy atom. The van der Waals surface area contributed by atoms with Crippen LogP contribution < -0.4 is 5.73 Å². The van der Waals surface area contributed by atoms with Gasteiger partial charge in [-0.15, -0.1) is 0 Å². The summed E-state index contributed by atoms with van der Waals surface area (Å²) in [5.41, 5.74) is 9.16. The first-order valence-electron chi connectivity index (χ1n) is 7.83. The summed E-state index contributed by atoms with van der Waals surface area (Å²) in [4.78, 5) is 0. The second-order valence-corrected chi connectivity index (χ2v) is 7.11. The Bertz CT molecular complexity index is 379. The molecule has 1 aromatic rings. The fourth-order valence-electron chi connectivity index (χ4n) is 3.37. The van der Waals surface area contributed by atoms with Crippen molar-refractivity contribution in [2.24, 2.45) is 11.7 Å². The molecular formula is C18H29N. The van der Waals surface area contributed by atoms with Crippen molar-refractivity contribution in [1.29, 1.82) is 0 Å². The Labute approximate surface area is 118 Å². The smallest absolute Gasteiger partial charge is 0.000556 e. The molecule has 19 heavy (non-hydrogen) atoms. The van der Waals surface area contributed by atoms with Gasteiger partial charge in [0.15, 0.2) is 0 Å². The van der Waals surface area contributed by atoms with E-state index < -0.39 is 0 Å². The van der Waals surface area contributed by atoms with E-state index in [1.54, 1.807) is 0 Å². The van der Waals surface area contributed by atoms with Gasteiger partial charge in [-0.2, -0.15) is 0 Å². The van der Waals surface area contributed by atoms with Crippen LogP contribution in [0.1, 0.15) is 69.9 Å². The molecule has 1 aliphatic carbocycles. The third-order valence-electron chi connectivity index (χ3n) is 4.68. The van der Waals surface area contributed by atoms with Crippen LogP contribution in [-0.4, -0.2) is 6.54 Å². The summed E-state index contributed by atoms with van der Waals surface area (Å²) in [6, 6.07) is 9.21. The van der Waals surface area contributed by atoms with Crippen molar-refractivity contribution in [1.82, 2.24) is 0 Å². The summed E-state index contributed by atoms with van der Waals surface area (Å²) < 4.78 is 0. The van der Waals surface area contributed by atoms with Crippen LogP contribution in [0.5, 0.6) is 0 Å². The lowest BCUT2D eigenvalue weighted by Gasteiger charge is -2.30. The largest absolute Gasteiger partial charge is 0.330 e. The molecule has 1 nitrogen and oxygen atoms in total. The molecular weight excluding hydrogens is 230 g/mol. The van der Waals surface area contributed by atoms with Gasteiger partial charge in [-0.25, -0.2) is 0 Å². The maximum Gasteiger partial charge on any atom is -0.000556 e. The van der Waals surface area contributed by atoms with Crippen molar-refractivity contribution in [2.45, 2.75) is 64.2 Å². The van der Waals surface area contributed by atoms with Crippen LogP contribution >= 0.6 is 0 Å². The highest BCUT2D eigenvalue weighted by Crippen LogP contribution is 2.36. The summed E-state index contributed by atoms with van der Waals surface area (Å²) >= 11 is 0. The molecule has 0 spiro atoms. The van der Waals surface area contributed by atoms with E-state index in [1.807, 2.05) is 0 Å². The number of benzene rings is 1. The van der Waals surface area contributed by atoms with Crippen molar-refractivity contribution in [3.8, 4) is 0 Å². The molecule has 0 heterocycles. The molecule has 2 N–H and O–H groups in total. The molecule has 1 aromatic carbocycles. The van der Waals surface area contributed by atoms with E-state index in [1.165, 1.54) is 43.2 Å². The van der Waals surface area contributed by atoms with Crippen molar-refractivity contribution in [3.63, 3.8) is 0 Å². The molecule has 1 fully saturated rings.